The number of carbonyl (C=O) groups is 1. The highest BCUT2D eigenvalue weighted by Gasteiger charge is 2.72. The van der Waals surface area contributed by atoms with Crippen LogP contribution in [0.5, 0.6) is 0 Å². The van der Waals surface area contributed by atoms with E-state index < -0.39 is 11.6 Å². The van der Waals surface area contributed by atoms with E-state index in [4.69, 9.17) is 15.2 Å². The van der Waals surface area contributed by atoms with E-state index in [-0.39, 0.29) is 63.4 Å². The van der Waals surface area contributed by atoms with Crippen molar-refractivity contribution in [1.29, 1.82) is 0 Å². The molecule has 0 aromatic carbocycles. The lowest BCUT2D eigenvalue weighted by molar-refractivity contribution is -0.251. The summed E-state index contributed by atoms with van der Waals surface area (Å²) in [5.41, 5.74) is 5.10. The Kier molecular flexibility index (Phi) is 7.67. The van der Waals surface area contributed by atoms with E-state index in [0.29, 0.717) is 17.8 Å². The molecule has 1 aliphatic heterocycles. The Morgan fingerprint density at radius 3 is 2.15 bits per heavy atom. The highest BCUT2D eigenvalue weighted by Crippen LogP contribution is 2.76. The molecular formula is C35H61NO5. The molecule has 4 N–H and O–H groups in total. The zero-order valence-corrected chi connectivity index (χ0v) is 27.8. The maximum Gasteiger partial charge on any atom is 0.323 e. The number of aliphatic hydroxyl groups is 2. The molecule has 1 saturated heterocycles. The third-order valence-corrected chi connectivity index (χ3v) is 14.5. The first-order valence-electron chi connectivity index (χ1n) is 16.8. The fourth-order valence-corrected chi connectivity index (χ4v) is 11.8. The largest absolute Gasteiger partial charge is 0.461 e. The Morgan fingerprint density at radius 2 is 1.56 bits per heavy atom. The van der Waals surface area contributed by atoms with Crippen molar-refractivity contribution in [3.8, 4) is 0 Å². The van der Waals surface area contributed by atoms with Crippen LogP contribution < -0.4 is 5.73 Å². The van der Waals surface area contributed by atoms with Crippen LogP contribution in [0.1, 0.15) is 127 Å². The van der Waals surface area contributed by atoms with Crippen LogP contribution >= 0.6 is 0 Å². The van der Waals surface area contributed by atoms with Crippen LogP contribution in [0.3, 0.4) is 0 Å². The number of carbonyl (C=O) groups excluding carboxylic acids is 1. The van der Waals surface area contributed by atoms with Crippen molar-refractivity contribution in [2.75, 3.05) is 0 Å². The molecule has 0 bridgehead atoms. The summed E-state index contributed by atoms with van der Waals surface area (Å²) >= 11 is 0. The van der Waals surface area contributed by atoms with Crippen molar-refractivity contribution in [2.24, 2.45) is 57.0 Å². The van der Waals surface area contributed by atoms with Gasteiger partial charge in [-0.25, -0.2) is 0 Å². The summed E-state index contributed by atoms with van der Waals surface area (Å²) in [4.78, 5) is 12.9. The lowest BCUT2D eigenvalue weighted by atomic mass is 9.35. The van der Waals surface area contributed by atoms with Gasteiger partial charge in [0.2, 0.25) is 0 Å². The third kappa shape index (κ3) is 4.58. The van der Waals surface area contributed by atoms with Crippen molar-refractivity contribution in [3.63, 3.8) is 0 Å². The molecule has 5 fully saturated rings. The van der Waals surface area contributed by atoms with Gasteiger partial charge in [-0.2, -0.15) is 0 Å². The lowest BCUT2D eigenvalue weighted by Crippen LogP contribution is -2.67. The van der Waals surface area contributed by atoms with Crippen LogP contribution in [-0.4, -0.2) is 51.7 Å². The third-order valence-electron chi connectivity index (χ3n) is 14.5. The second kappa shape index (κ2) is 9.91. The molecule has 0 radical (unpaired) electrons. The molecule has 4 aliphatic carbocycles. The molecule has 0 spiro atoms. The smallest absolute Gasteiger partial charge is 0.323 e. The van der Waals surface area contributed by atoms with Crippen LogP contribution in [-0.2, 0) is 14.3 Å². The molecule has 6 nitrogen and oxygen atoms in total. The standard InChI is InChI=1S/C35H61NO5/c1-20(2)28(36)29(38)40-25-13-15-32(7)23(30(25,3)4)12-17-33(8)24(32)19-22(37)27-21(11-16-34(27,33)9)35(10)18-14-26(41-35)31(5,6)39/h20-28,37,39H,11-19,36H2,1-10H3/t21-,22+,23-,24+,25-,26+,27-,28-,32-,33+,34+,35-/m0/s1. The first kappa shape index (κ1) is 31.7. The maximum absolute atomic E-state index is 12.9. The molecule has 12 atom stereocenters. The van der Waals surface area contributed by atoms with E-state index in [2.05, 4.69) is 41.5 Å². The maximum atomic E-state index is 12.9. The summed E-state index contributed by atoms with van der Waals surface area (Å²) in [6.07, 6.45) is 8.35. The zero-order chi connectivity index (χ0) is 30.6. The molecule has 41 heavy (non-hydrogen) atoms. The van der Waals surface area contributed by atoms with Crippen molar-refractivity contribution in [2.45, 2.75) is 163 Å². The first-order valence-corrected chi connectivity index (χ1v) is 16.8. The molecule has 0 aromatic heterocycles. The van der Waals surface area contributed by atoms with Crippen molar-refractivity contribution < 1.29 is 24.5 Å². The Balaban J connectivity index is 1.41. The van der Waals surface area contributed by atoms with Crippen LogP contribution in [0.2, 0.25) is 0 Å². The molecule has 5 aliphatic rings. The minimum absolute atomic E-state index is 0.0324. The molecule has 0 aromatic rings. The minimum Gasteiger partial charge on any atom is -0.461 e. The molecule has 236 valence electrons. The number of fused-ring (bicyclic) bond motifs is 5. The average Bonchev–Trinajstić information content (AvgIpc) is 3.45. The molecule has 0 unspecified atom stereocenters. The van der Waals surface area contributed by atoms with Crippen LogP contribution in [0, 0.1) is 51.2 Å². The SMILES string of the molecule is CC(C)[C@H](N)C(=O)O[C@H]1CC[C@]2(C)[C@H]3C[C@@H](O)[C@@H]4[C@@H]([C@]5(C)CC[C@H](C(C)(C)O)O5)CC[C@@]4(C)[C@]3(C)CC[C@H]2C1(C)C. The predicted molar refractivity (Wildman–Crippen MR) is 162 cm³/mol. The van der Waals surface area contributed by atoms with Gasteiger partial charge in [0, 0.05) is 5.41 Å². The van der Waals surface area contributed by atoms with Gasteiger partial charge in [0.15, 0.2) is 0 Å². The van der Waals surface area contributed by atoms with E-state index >= 15 is 0 Å². The topological polar surface area (TPSA) is 102 Å². The zero-order valence-electron chi connectivity index (χ0n) is 27.8. The monoisotopic (exact) mass is 575 g/mol. The predicted octanol–water partition coefficient (Wildman–Crippen LogP) is 6.25. The second-order valence-electron chi connectivity index (χ2n) is 17.6. The number of hydrogen-bond donors (Lipinski definition) is 3. The highest BCUT2D eigenvalue weighted by molar-refractivity contribution is 5.76. The van der Waals surface area contributed by atoms with Crippen LogP contribution in [0.4, 0.5) is 0 Å². The fourth-order valence-electron chi connectivity index (χ4n) is 11.8. The van der Waals surface area contributed by atoms with Gasteiger partial charge in [0.25, 0.3) is 0 Å². The van der Waals surface area contributed by atoms with Gasteiger partial charge in [-0.1, -0.05) is 48.5 Å². The van der Waals surface area contributed by atoms with E-state index in [1.165, 1.54) is 0 Å². The Morgan fingerprint density at radius 1 is 0.927 bits per heavy atom. The Bertz CT molecular complexity index is 1020. The number of ether oxygens (including phenoxy) is 2. The summed E-state index contributed by atoms with van der Waals surface area (Å²) in [5.74, 6) is 1.13. The quantitative estimate of drug-likeness (QED) is 0.335. The van der Waals surface area contributed by atoms with Gasteiger partial charge in [-0.15, -0.1) is 0 Å². The van der Waals surface area contributed by atoms with E-state index in [9.17, 15) is 15.0 Å². The molecular weight excluding hydrogens is 514 g/mol. The van der Waals surface area contributed by atoms with Gasteiger partial charge >= 0.3 is 5.97 Å². The van der Waals surface area contributed by atoms with E-state index in [1.54, 1.807) is 0 Å². The van der Waals surface area contributed by atoms with Crippen molar-refractivity contribution in [3.05, 3.63) is 0 Å². The molecule has 6 heteroatoms. The summed E-state index contributed by atoms with van der Waals surface area (Å²) in [6, 6.07) is -0.584. The van der Waals surface area contributed by atoms with Crippen LogP contribution in [0.25, 0.3) is 0 Å². The Hall–Kier alpha value is -0.690. The minimum atomic E-state index is -0.852. The highest BCUT2D eigenvalue weighted by atomic mass is 16.5. The average molecular weight is 576 g/mol. The Labute approximate surface area is 249 Å². The van der Waals surface area contributed by atoms with Gasteiger partial charge in [-0.3, -0.25) is 4.79 Å². The molecule has 0 amide bonds. The number of hydrogen-bond acceptors (Lipinski definition) is 6. The normalized spacial score (nSPS) is 50.1. The number of aliphatic hydroxyl groups excluding tert-OH is 1. The second-order valence-corrected chi connectivity index (χ2v) is 17.6. The lowest BCUT2D eigenvalue weighted by Gasteiger charge is -2.70. The van der Waals surface area contributed by atoms with Crippen LogP contribution in [0.15, 0.2) is 0 Å². The van der Waals surface area contributed by atoms with Gasteiger partial charge in [0.1, 0.15) is 12.1 Å². The van der Waals surface area contributed by atoms with Gasteiger partial charge in [-0.05, 0) is 124 Å². The van der Waals surface area contributed by atoms with Crippen molar-refractivity contribution >= 4 is 5.97 Å². The number of rotatable bonds is 5. The number of nitrogens with two attached hydrogens (primary N) is 1. The summed E-state index contributed by atoms with van der Waals surface area (Å²) in [6.45, 7) is 22.1. The van der Waals surface area contributed by atoms with Gasteiger partial charge < -0.3 is 25.4 Å². The summed E-state index contributed by atoms with van der Waals surface area (Å²) < 4.78 is 12.9. The fraction of sp³-hybridized carbons (Fsp3) is 0.971. The first-order chi connectivity index (χ1) is 18.7. The van der Waals surface area contributed by atoms with E-state index in [1.807, 2.05) is 27.7 Å². The summed E-state index contributed by atoms with van der Waals surface area (Å²) in [5, 5.41) is 22.8. The summed E-state index contributed by atoms with van der Waals surface area (Å²) in [7, 11) is 0. The number of esters is 1. The molecule has 1 heterocycles. The van der Waals surface area contributed by atoms with Crippen molar-refractivity contribution in [1.82, 2.24) is 0 Å². The van der Waals surface area contributed by atoms with Gasteiger partial charge in [0.05, 0.1) is 23.4 Å². The molecule has 5 rings (SSSR count). The van der Waals surface area contributed by atoms with E-state index in [0.717, 1.165) is 57.8 Å². The molecule has 4 saturated carbocycles.